The van der Waals surface area contributed by atoms with Gasteiger partial charge in [0.25, 0.3) is 5.91 Å². The zero-order valence-corrected chi connectivity index (χ0v) is 18.7. The first-order chi connectivity index (χ1) is 15.8. The molecule has 1 saturated carbocycles. The van der Waals surface area contributed by atoms with E-state index in [4.69, 9.17) is 4.74 Å². The molecule has 174 valence electrons. The first-order valence-corrected chi connectivity index (χ1v) is 11.2. The fourth-order valence-electron chi connectivity index (χ4n) is 4.93. The summed E-state index contributed by atoms with van der Waals surface area (Å²) in [6, 6.07) is 12.5. The van der Waals surface area contributed by atoms with Gasteiger partial charge in [0.15, 0.2) is 6.10 Å². The van der Waals surface area contributed by atoms with E-state index < -0.39 is 30.0 Å². The Kier molecular flexibility index (Phi) is 6.62. The second-order valence-electron chi connectivity index (χ2n) is 8.68. The van der Waals surface area contributed by atoms with E-state index in [9.17, 15) is 18.8 Å². The fraction of sp³-hybridized carbons (Fsp3) is 0.400. The van der Waals surface area contributed by atoms with Crippen molar-refractivity contribution in [2.45, 2.75) is 50.7 Å². The van der Waals surface area contributed by atoms with E-state index in [-0.39, 0.29) is 23.4 Å². The van der Waals surface area contributed by atoms with Gasteiger partial charge in [0.1, 0.15) is 11.9 Å². The number of nitrogens with one attached hydrogen (secondary N) is 2. The van der Waals surface area contributed by atoms with Gasteiger partial charge in [-0.25, -0.2) is 9.18 Å². The van der Waals surface area contributed by atoms with Gasteiger partial charge in [-0.15, -0.1) is 0 Å². The molecule has 2 N–H and O–H groups in total. The number of hydrogen-bond acceptors (Lipinski definition) is 4. The number of carbonyl (C=O) groups is 3. The molecule has 0 bridgehead atoms. The molecule has 2 aromatic carbocycles. The third kappa shape index (κ3) is 4.84. The van der Waals surface area contributed by atoms with Gasteiger partial charge in [-0.2, -0.15) is 0 Å². The maximum atomic E-state index is 13.4. The Morgan fingerprint density at radius 2 is 1.88 bits per heavy atom. The minimum Gasteiger partial charge on any atom is -0.436 e. The summed E-state index contributed by atoms with van der Waals surface area (Å²) < 4.78 is 18.5. The topological polar surface area (TPSA) is 87.7 Å². The molecule has 4 rings (SSSR count). The fourth-order valence-corrected chi connectivity index (χ4v) is 4.93. The SMILES string of the molecule is C[C@H](OC(=O)Nc1cccc(F)c1)C(=O)NC1C(=O)N(C)c2ccccc2C2CCCC[C@H]12. The number of halogens is 1. The molecule has 1 heterocycles. The third-order valence-corrected chi connectivity index (χ3v) is 6.56. The molecular formula is C25H28FN3O4. The van der Waals surface area contributed by atoms with E-state index in [1.165, 1.54) is 25.1 Å². The van der Waals surface area contributed by atoms with Crippen LogP contribution in [0.3, 0.4) is 0 Å². The molecule has 2 aromatic rings. The van der Waals surface area contributed by atoms with Crippen molar-refractivity contribution in [3.05, 3.63) is 59.9 Å². The lowest BCUT2D eigenvalue weighted by atomic mass is 9.72. The Balaban J connectivity index is 1.47. The Hall–Kier alpha value is -3.42. The van der Waals surface area contributed by atoms with Crippen LogP contribution in [-0.4, -0.2) is 37.1 Å². The summed E-state index contributed by atoms with van der Waals surface area (Å²) in [5.74, 6) is -1.10. The summed E-state index contributed by atoms with van der Waals surface area (Å²) in [5.41, 5.74) is 2.22. The van der Waals surface area contributed by atoms with Crippen LogP contribution in [0, 0.1) is 11.7 Å². The summed E-state index contributed by atoms with van der Waals surface area (Å²) in [7, 11) is 1.73. The number of nitrogens with zero attached hydrogens (tertiary/aromatic N) is 1. The van der Waals surface area contributed by atoms with Crippen LogP contribution in [-0.2, 0) is 14.3 Å². The summed E-state index contributed by atoms with van der Waals surface area (Å²) in [5, 5.41) is 5.25. The predicted molar refractivity (Wildman–Crippen MR) is 122 cm³/mol. The number of benzene rings is 2. The zero-order chi connectivity index (χ0) is 23.5. The average Bonchev–Trinajstić information content (AvgIpc) is 2.89. The van der Waals surface area contributed by atoms with Crippen molar-refractivity contribution in [1.82, 2.24) is 5.32 Å². The highest BCUT2D eigenvalue weighted by Gasteiger charge is 2.43. The molecule has 7 nitrogen and oxygen atoms in total. The number of amides is 3. The maximum Gasteiger partial charge on any atom is 0.412 e. The lowest BCUT2D eigenvalue weighted by molar-refractivity contribution is -0.133. The first kappa shape index (κ1) is 22.8. The van der Waals surface area contributed by atoms with Crippen LogP contribution in [0.25, 0.3) is 0 Å². The van der Waals surface area contributed by atoms with E-state index in [1.807, 2.05) is 18.2 Å². The van der Waals surface area contributed by atoms with Gasteiger partial charge in [0.2, 0.25) is 5.91 Å². The van der Waals surface area contributed by atoms with Gasteiger partial charge in [-0.05, 0) is 61.4 Å². The lowest BCUT2D eigenvalue weighted by Crippen LogP contribution is -2.54. The number of rotatable bonds is 4. The predicted octanol–water partition coefficient (Wildman–Crippen LogP) is 4.20. The summed E-state index contributed by atoms with van der Waals surface area (Å²) in [6.07, 6.45) is 1.85. The molecule has 0 aromatic heterocycles. The van der Waals surface area contributed by atoms with Crippen molar-refractivity contribution < 1.29 is 23.5 Å². The molecule has 1 fully saturated rings. The molecule has 0 radical (unpaired) electrons. The highest BCUT2D eigenvalue weighted by atomic mass is 19.1. The molecule has 1 aliphatic carbocycles. The largest absolute Gasteiger partial charge is 0.436 e. The van der Waals surface area contributed by atoms with E-state index in [2.05, 4.69) is 16.7 Å². The lowest BCUT2D eigenvalue weighted by Gasteiger charge is -2.35. The summed E-state index contributed by atoms with van der Waals surface area (Å²) in [4.78, 5) is 40.1. The maximum absolute atomic E-state index is 13.4. The highest BCUT2D eigenvalue weighted by Crippen LogP contribution is 2.45. The molecule has 3 amide bonds. The van der Waals surface area contributed by atoms with E-state index in [0.717, 1.165) is 43.0 Å². The van der Waals surface area contributed by atoms with Gasteiger partial charge >= 0.3 is 6.09 Å². The highest BCUT2D eigenvalue weighted by molar-refractivity contribution is 6.01. The second-order valence-corrected chi connectivity index (χ2v) is 8.68. The van der Waals surface area contributed by atoms with Gasteiger partial charge in [0.05, 0.1) is 0 Å². The molecule has 0 spiro atoms. The van der Waals surface area contributed by atoms with Gasteiger partial charge < -0.3 is 15.0 Å². The monoisotopic (exact) mass is 453 g/mol. The average molecular weight is 454 g/mol. The second kappa shape index (κ2) is 9.60. The molecule has 2 aliphatic rings. The zero-order valence-electron chi connectivity index (χ0n) is 18.7. The number of likely N-dealkylation sites (N-methyl/N-ethyl adjacent to an activating group) is 1. The van der Waals surface area contributed by atoms with Gasteiger partial charge in [-0.3, -0.25) is 14.9 Å². The van der Waals surface area contributed by atoms with E-state index >= 15 is 0 Å². The van der Waals surface area contributed by atoms with E-state index in [1.54, 1.807) is 11.9 Å². The van der Waals surface area contributed by atoms with Crippen molar-refractivity contribution in [3.8, 4) is 0 Å². The molecule has 4 atom stereocenters. The smallest absolute Gasteiger partial charge is 0.412 e. The molecule has 0 saturated heterocycles. The summed E-state index contributed by atoms with van der Waals surface area (Å²) >= 11 is 0. The van der Waals surface area contributed by atoms with Crippen molar-refractivity contribution in [2.75, 3.05) is 17.3 Å². The molecule has 8 heteroatoms. The normalized spacial score (nSPS) is 22.9. The third-order valence-electron chi connectivity index (χ3n) is 6.56. The van der Waals surface area contributed by atoms with Crippen LogP contribution < -0.4 is 15.5 Å². The minimum absolute atomic E-state index is 0.0328. The number of fused-ring (bicyclic) bond motifs is 3. The van der Waals surface area contributed by atoms with E-state index in [0.29, 0.717) is 0 Å². The number of ether oxygens (including phenoxy) is 1. The number of hydrogen-bond donors (Lipinski definition) is 2. The Morgan fingerprint density at radius 1 is 1.12 bits per heavy atom. The molecule has 1 aliphatic heterocycles. The minimum atomic E-state index is -1.13. The first-order valence-electron chi connectivity index (χ1n) is 11.2. The Labute approximate surface area is 192 Å². The van der Waals surface area contributed by atoms with Crippen LogP contribution >= 0.6 is 0 Å². The van der Waals surface area contributed by atoms with Crippen LogP contribution in [0.5, 0.6) is 0 Å². The number of anilines is 2. The van der Waals surface area contributed by atoms with Crippen LogP contribution in [0.4, 0.5) is 20.6 Å². The van der Waals surface area contributed by atoms with Crippen LogP contribution in [0.15, 0.2) is 48.5 Å². The van der Waals surface area contributed by atoms with Crippen molar-refractivity contribution in [3.63, 3.8) is 0 Å². The van der Waals surface area contributed by atoms with Gasteiger partial charge in [-0.1, -0.05) is 37.1 Å². The van der Waals surface area contributed by atoms with Crippen molar-refractivity contribution in [2.24, 2.45) is 5.92 Å². The van der Waals surface area contributed by atoms with Crippen LogP contribution in [0.2, 0.25) is 0 Å². The molecular weight excluding hydrogens is 425 g/mol. The quantitative estimate of drug-likeness (QED) is 0.726. The molecule has 2 unspecified atom stereocenters. The van der Waals surface area contributed by atoms with Crippen LogP contribution in [0.1, 0.15) is 44.1 Å². The Morgan fingerprint density at radius 3 is 2.67 bits per heavy atom. The van der Waals surface area contributed by atoms with Crippen molar-refractivity contribution >= 4 is 29.3 Å². The number of para-hydroxylation sites is 1. The molecule has 33 heavy (non-hydrogen) atoms. The van der Waals surface area contributed by atoms with Gasteiger partial charge in [0, 0.05) is 18.4 Å². The number of carbonyl (C=O) groups excluding carboxylic acids is 3. The summed E-state index contributed by atoms with van der Waals surface area (Å²) in [6.45, 7) is 1.44. The van der Waals surface area contributed by atoms with Crippen molar-refractivity contribution in [1.29, 1.82) is 0 Å². The standard InChI is InChI=1S/C25H28FN3O4/c1-15(33-25(32)27-17-9-7-8-16(26)14-17)23(30)28-22-20-12-4-3-10-18(20)19-11-5-6-13-21(19)29(2)24(22)31/h5-9,11,13-15,18,20,22H,3-4,10,12H2,1-2H3,(H,27,32)(H,28,30)/t15-,18?,20-,22?/m0/s1. The Bertz CT molecular complexity index is 1060.